The van der Waals surface area contributed by atoms with Crippen molar-refractivity contribution in [3.8, 4) is 6.00 Å². The van der Waals surface area contributed by atoms with Crippen molar-refractivity contribution in [2.75, 3.05) is 5.75 Å². The Labute approximate surface area is 46.5 Å². The molecule has 0 saturated heterocycles. The maximum atomic E-state index is 5.21. The first-order chi connectivity index (χ1) is 2.91. The van der Waals surface area contributed by atoms with Crippen LogP contribution in [-0.2, 0) is 0 Å². The van der Waals surface area contributed by atoms with Gasteiger partial charge in [-0.1, -0.05) is 0 Å². The summed E-state index contributed by atoms with van der Waals surface area (Å²) >= 11 is 4.00. The molecule has 0 radical (unpaired) electrons. The molecule has 0 aliphatic heterocycles. The molecule has 0 aromatic carbocycles. The van der Waals surface area contributed by atoms with Gasteiger partial charge in [0.2, 0.25) is 0 Å². The lowest BCUT2D eigenvalue weighted by molar-refractivity contribution is 1.10. The number of rotatable bonds is 2. The smallest absolute Gasteiger partial charge is 0.00935 e. The largest absolute Gasteiger partial charge is 0.179 e. The summed E-state index contributed by atoms with van der Waals surface area (Å²) in [6.07, 6.45) is 1.16. The van der Waals surface area contributed by atoms with Gasteiger partial charge >= 0.3 is 0 Å². The van der Waals surface area contributed by atoms with Gasteiger partial charge in [-0.3, -0.25) is 0 Å². The zero-order valence-corrected chi connectivity index (χ0v) is 5.54. The quantitative estimate of drug-likeness (QED) is 0.311. The summed E-state index contributed by atoms with van der Waals surface area (Å²) in [6.45, 7) is 0. The van der Waals surface area contributed by atoms with Crippen LogP contribution in [0.3, 0.4) is 0 Å². The van der Waals surface area contributed by atoms with Crippen LogP contribution < -0.4 is 0 Å². The second-order valence-electron chi connectivity index (χ2n) is 1.03. The molecule has 0 N–H and O–H groups in total. The SMILES string of the molecule is C#[Si]CCCS. The first kappa shape index (κ1) is 6.35. The molecule has 6 heavy (non-hydrogen) atoms. The fourth-order valence-electron chi connectivity index (χ4n) is 0.181. The molecule has 0 bridgehead atoms. The van der Waals surface area contributed by atoms with Crippen LogP contribution in [0.25, 0.3) is 0 Å². The molecule has 0 saturated carbocycles. The predicted octanol–water partition coefficient (Wildman–Crippen LogP) is 1.02. The molecule has 0 rings (SSSR count). The van der Waals surface area contributed by atoms with E-state index in [0.29, 0.717) is 8.96 Å². The van der Waals surface area contributed by atoms with Crippen molar-refractivity contribution < 1.29 is 0 Å². The number of hydrogen-bond acceptors (Lipinski definition) is 1. The Morgan fingerprint density at radius 1 is 1.67 bits per heavy atom. The molecule has 0 aliphatic rings. The third kappa shape index (κ3) is 4.35. The van der Waals surface area contributed by atoms with Crippen molar-refractivity contribution in [2.45, 2.75) is 12.5 Å². The fourth-order valence-corrected chi connectivity index (χ4v) is 1.02. The normalized spacial score (nSPS) is 7.33. The van der Waals surface area contributed by atoms with Gasteiger partial charge in [0.15, 0.2) is 0 Å². The van der Waals surface area contributed by atoms with Crippen LogP contribution in [0.5, 0.6) is 0 Å². The molecular weight excluding hydrogens is 108 g/mol. The Bertz CT molecular complexity index is 55.1. The van der Waals surface area contributed by atoms with Crippen molar-refractivity contribution in [3.05, 3.63) is 0 Å². The summed E-state index contributed by atoms with van der Waals surface area (Å²) in [5.74, 6) is 0.976. The summed E-state index contributed by atoms with van der Waals surface area (Å²) < 4.78 is 0. The third-order valence-electron chi connectivity index (χ3n) is 0.479. The molecular formula is C4H8SSi. The Kier molecular flexibility index (Phi) is 5.66. The molecule has 0 unspecified atom stereocenters. The summed E-state index contributed by atoms with van der Waals surface area (Å²) in [5, 5.41) is 0. The van der Waals surface area contributed by atoms with Crippen LogP contribution in [0.2, 0.25) is 6.04 Å². The lowest BCUT2D eigenvalue weighted by Gasteiger charge is -1.79. The molecule has 2 heteroatoms. The van der Waals surface area contributed by atoms with E-state index < -0.39 is 0 Å². The number of hydrogen-bond donors (Lipinski definition) is 1. The maximum Gasteiger partial charge on any atom is -0.00935 e. The fraction of sp³-hybridized carbons (Fsp3) is 0.750. The van der Waals surface area contributed by atoms with E-state index in [-0.39, 0.29) is 0 Å². The van der Waals surface area contributed by atoms with Crippen molar-refractivity contribution in [2.24, 2.45) is 0 Å². The lowest BCUT2D eigenvalue weighted by atomic mass is 10.6. The van der Waals surface area contributed by atoms with Crippen LogP contribution in [0, 0.1) is 6.00 Å². The molecule has 0 aliphatic carbocycles. The first-order valence-electron chi connectivity index (χ1n) is 1.96. The van der Waals surface area contributed by atoms with Crippen LogP contribution in [-0.4, -0.2) is 14.7 Å². The van der Waals surface area contributed by atoms with Crippen LogP contribution in [0.15, 0.2) is 0 Å². The minimum absolute atomic E-state index is 0.616. The Morgan fingerprint density at radius 3 is 2.50 bits per heavy atom. The van der Waals surface area contributed by atoms with E-state index in [1.807, 2.05) is 0 Å². The van der Waals surface area contributed by atoms with Gasteiger partial charge in [0.05, 0.1) is 0 Å². The van der Waals surface area contributed by atoms with Crippen molar-refractivity contribution in [3.63, 3.8) is 0 Å². The van der Waals surface area contributed by atoms with Gasteiger partial charge in [0.25, 0.3) is 0 Å². The molecule has 34 valence electrons. The average Bonchev–Trinajstić information content (AvgIpc) is 1.61. The van der Waals surface area contributed by atoms with Crippen molar-refractivity contribution >= 4 is 21.6 Å². The van der Waals surface area contributed by atoms with Gasteiger partial charge in [-0.2, -0.15) is 18.6 Å². The van der Waals surface area contributed by atoms with E-state index in [2.05, 4.69) is 12.6 Å². The monoisotopic (exact) mass is 116 g/mol. The van der Waals surface area contributed by atoms with E-state index in [4.69, 9.17) is 6.00 Å². The molecule has 0 atom stereocenters. The zero-order chi connectivity index (χ0) is 4.83. The van der Waals surface area contributed by atoms with Gasteiger partial charge < -0.3 is 0 Å². The van der Waals surface area contributed by atoms with Crippen molar-refractivity contribution in [1.82, 2.24) is 0 Å². The second kappa shape index (κ2) is 5.35. The Morgan fingerprint density at radius 2 is 2.33 bits per heavy atom. The highest BCUT2D eigenvalue weighted by Crippen LogP contribution is 1.85. The van der Waals surface area contributed by atoms with Crippen LogP contribution in [0.1, 0.15) is 6.42 Å². The average molecular weight is 116 g/mol. The summed E-state index contributed by atoms with van der Waals surface area (Å²) in [4.78, 5) is 0. The highest BCUT2D eigenvalue weighted by molar-refractivity contribution is 7.80. The summed E-state index contributed by atoms with van der Waals surface area (Å²) in [7, 11) is 0.616. The molecule has 0 fully saturated rings. The third-order valence-corrected chi connectivity index (χ3v) is 1.44. The summed E-state index contributed by atoms with van der Waals surface area (Å²) in [6, 6.07) is 6.35. The van der Waals surface area contributed by atoms with E-state index in [0.717, 1.165) is 18.2 Å². The van der Waals surface area contributed by atoms with E-state index in [9.17, 15) is 0 Å². The molecule has 0 nitrogen and oxygen atoms in total. The summed E-state index contributed by atoms with van der Waals surface area (Å²) in [5.41, 5.74) is 0. The van der Waals surface area contributed by atoms with E-state index in [1.54, 1.807) is 0 Å². The topological polar surface area (TPSA) is 0 Å². The molecule has 0 heterocycles. The van der Waals surface area contributed by atoms with Gasteiger partial charge in [-0.25, -0.2) is 0 Å². The second-order valence-corrected chi connectivity index (χ2v) is 2.39. The van der Waals surface area contributed by atoms with Gasteiger partial charge in [-0.05, 0) is 27.2 Å². The van der Waals surface area contributed by atoms with Crippen molar-refractivity contribution in [1.29, 1.82) is 0 Å². The minimum Gasteiger partial charge on any atom is -0.179 e. The first-order valence-corrected chi connectivity index (χ1v) is 3.88. The van der Waals surface area contributed by atoms with E-state index >= 15 is 0 Å². The highest BCUT2D eigenvalue weighted by atomic mass is 32.1. The zero-order valence-electron chi connectivity index (χ0n) is 3.65. The number of thiol groups is 1. The van der Waals surface area contributed by atoms with E-state index in [1.165, 1.54) is 0 Å². The molecule has 0 spiro atoms. The van der Waals surface area contributed by atoms with Crippen LogP contribution >= 0.6 is 12.6 Å². The maximum absolute atomic E-state index is 5.21. The van der Waals surface area contributed by atoms with Gasteiger partial charge in [0.1, 0.15) is 0 Å². The van der Waals surface area contributed by atoms with Gasteiger partial charge in [0, 0.05) is 0 Å². The standard InChI is InChI=1S/C4H8SSi/c1-6-4-2-3-5/h1,5H,2-4H2. The minimum atomic E-state index is 0.616. The van der Waals surface area contributed by atoms with Gasteiger partial charge in [-0.15, -0.1) is 0 Å². The lowest BCUT2D eigenvalue weighted by Crippen LogP contribution is -1.72. The highest BCUT2D eigenvalue weighted by Gasteiger charge is 1.72. The molecule has 0 amide bonds. The van der Waals surface area contributed by atoms with Crippen LogP contribution in [0.4, 0.5) is 0 Å². The Balaban J connectivity index is 2.54. The molecule has 0 aromatic rings. The molecule has 0 aromatic heterocycles. The predicted molar refractivity (Wildman–Crippen MR) is 34.0 cm³/mol. The Hall–Kier alpha value is 0.347.